The molecule has 0 atom stereocenters. The number of methoxy groups -OCH3 is 1. The number of carbonyl (C=O) groups excluding carboxylic acids is 2. The van der Waals surface area contributed by atoms with Gasteiger partial charge in [-0.05, 0) is 12.1 Å². The number of Topliss-reactive ketones (excluding diaryl/α,β-unsaturated/α-hetero) is 1. The summed E-state index contributed by atoms with van der Waals surface area (Å²) in [6.07, 6.45) is 0.858. The highest BCUT2D eigenvalue weighted by Gasteiger charge is 2.11. The predicted molar refractivity (Wildman–Crippen MR) is 105 cm³/mol. The van der Waals surface area contributed by atoms with Crippen molar-refractivity contribution in [1.29, 1.82) is 0 Å². The van der Waals surface area contributed by atoms with Gasteiger partial charge in [-0.1, -0.05) is 47.6 Å². The Morgan fingerprint density at radius 3 is 2.64 bits per heavy atom. The van der Waals surface area contributed by atoms with E-state index >= 15 is 0 Å². The minimum Gasteiger partial charge on any atom is -0.497 e. The Labute approximate surface area is 163 Å². The lowest BCUT2D eigenvalue weighted by molar-refractivity contribution is -0.121. The zero-order valence-corrected chi connectivity index (χ0v) is 15.7. The average Bonchev–Trinajstić information content (AvgIpc) is 3.21. The first-order valence-electron chi connectivity index (χ1n) is 9.10. The van der Waals surface area contributed by atoms with Gasteiger partial charge in [-0.2, -0.15) is 0 Å². The summed E-state index contributed by atoms with van der Waals surface area (Å²) in [5.74, 6) is 1.07. The van der Waals surface area contributed by atoms with E-state index in [-0.39, 0.29) is 24.5 Å². The monoisotopic (exact) mass is 378 g/mol. The van der Waals surface area contributed by atoms with Crippen LogP contribution in [0.4, 0.5) is 0 Å². The third-order valence-corrected chi connectivity index (χ3v) is 4.29. The lowest BCUT2D eigenvalue weighted by Crippen LogP contribution is -2.26. The highest BCUT2D eigenvalue weighted by atomic mass is 16.5. The van der Waals surface area contributed by atoms with Gasteiger partial charge in [-0.25, -0.2) is 0 Å². The van der Waals surface area contributed by atoms with E-state index in [9.17, 15) is 9.59 Å². The number of benzene rings is 2. The molecule has 2 aromatic carbocycles. The predicted octanol–water partition coefficient (Wildman–Crippen LogP) is 3.67. The van der Waals surface area contributed by atoms with Crippen molar-refractivity contribution < 1.29 is 18.8 Å². The molecular formula is C22H22N2O4. The van der Waals surface area contributed by atoms with Gasteiger partial charge in [-0.15, -0.1) is 0 Å². The summed E-state index contributed by atoms with van der Waals surface area (Å²) in [4.78, 5) is 24.2. The van der Waals surface area contributed by atoms with Crippen LogP contribution in [0.5, 0.6) is 5.75 Å². The van der Waals surface area contributed by atoms with Crippen LogP contribution in [0.15, 0.2) is 65.2 Å². The number of rotatable bonds is 9. The number of hydrogen-bond acceptors (Lipinski definition) is 5. The van der Waals surface area contributed by atoms with Crippen LogP contribution in [0.3, 0.4) is 0 Å². The van der Waals surface area contributed by atoms with Crippen molar-refractivity contribution in [1.82, 2.24) is 10.5 Å². The maximum Gasteiger partial charge on any atom is 0.220 e. The molecule has 0 unspecified atom stereocenters. The molecule has 1 amide bonds. The maximum absolute atomic E-state index is 12.2. The fourth-order valence-electron chi connectivity index (χ4n) is 2.75. The van der Waals surface area contributed by atoms with Crippen LogP contribution in [0.1, 0.15) is 28.9 Å². The molecule has 6 nitrogen and oxygen atoms in total. The fourth-order valence-corrected chi connectivity index (χ4v) is 2.75. The minimum atomic E-state index is -0.164. The molecular weight excluding hydrogens is 356 g/mol. The molecule has 1 aromatic heterocycles. The Morgan fingerprint density at radius 1 is 1.04 bits per heavy atom. The number of nitrogens with one attached hydrogen (secondary N) is 1. The zero-order valence-electron chi connectivity index (χ0n) is 15.7. The number of nitrogens with zero attached hydrogens (tertiary/aromatic N) is 1. The van der Waals surface area contributed by atoms with Gasteiger partial charge < -0.3 is 14.6 Å². The standard InChI is InChI=1S/C22H22N2O4/c1-27-19-9-5-8-17(14-19)20(25)10-11-22(26)23-13-12-18-15-21(28-24-18)16-6-3-2-4-7-16/h2-9,14-15H,10-13H2,1H3,(H,23,26). The summed E-state index contributed by atoms with van der Waals surface area (Å²) in [6.45, 7) is 0.437. The number of amides is 1. The molecule has 3 rings (SSSR count). The first-order chi connectivity index (χ1) is 13.7. The van der Waals surface area contributed by atoms with E-state index in [1.54, 1.807) is 31.4 Å². The van der Waals surface area contributed by atoms with Crippen molar-refractivity contribution in [3.8, 4) is 17.1 Å². The lowest BCUT2D eigenvalue weighted by atomic mass is 10.1. The minimum absolute atomic E-state index is 0.0851. The number of aromatic nitrogens is 1. The molecule has 0 radical (unpaired) electrons. The quantitative estimate of drug-likeness (QED) is 0.575. The van der Waals surface area contributed by atoms with Crippen molar-refractivity contribution in [2.45, 2.75) is 19.3 Å². The summed E-state index contributed by atoms with van der Waals surface area (Å²) in [5.41, 5.74) is 2.27. The Kier molecular flexibility index (Phi) is 6.57. The highest BCUT2D eigenvalue weighted by Crippen LogP contribution is 2.19. The topological polar surface area (TPSA) is 81.4 Å². The van der Waals surface area contributed by atoms with Crippen molar-refractivity contribution in [2.75, 3.05) is 13.7 Å². The van der Waals surface area contributed by atoms with Gasteiger partial charge in [0.1, 0.15) is 5.75 Å². The van der Waals surface area contributed by atoms with Crippen molar-refractivity contribution >= 4 is 11.7 Å². The van der Waals surface area contributed by atoms with E-state index in [2.05, 4.69) is 10.5 Å². The first-order valence-corrected chi connectivity index (χ1v) is 9.10. The molecule has 0 aliphatic rings. The summed E-state index contributed by atoms with van der Waals surface area (Å²) < 4.78 is 10.4. The Bertz CT molecular complexity index is 934. The molecule has 144 valence electrons. The van der Waals surface area contributed by atoms with Crippen LogP contribution in [-0.4, -0.2) is 30.5 Å². The molecule has 28 heavy (non-hydrogen) atoms. The molecule has 0 aliphatic carbocycles. The summed E-state index contributed by atoms with van der Waals surface area (Å²) >= 11 is 0. The molecule has 0 fully saturated rings. The molecule has 0 saturated carbocycles. The van der Waals surface area contributed by atoms with Gasteiger partial charge >= 0.3 is 0 Å². The number of ether oxygens (including phenoxy) is 1. The van der Waals surface area contributed by atoms with E-state index in [0.717, 1.165) is 11.3 Å². The van der Waals surface area contributed by atoms with Gasteiger partial charge in [0.05, 0.1) is 12.8 Å². The largest absolute Gasteiger partial charge is 0.497 e. The lowest BCUT2D eigenvalue weighted by Gasteiger charge is -2.05. The fraction of sp³-hybridized carbons (Fsp3) is 0.227. The van der Waals surface area contributed by atoms with Crippen LogP contribution < -0.4 is 10.1 Å². The molecule has 6 heteroatoms. The van der Waals surface area contributed by atoms with Crippen LogP contribution in [0.2, 0.25) is 0 Å². The van der Waals surface area contributed by atoms with E-state index in [1.807, 2.05) is 36.4 Å². The molecule has 0 bridgehead atoms. The summed E-state index contributed by atoms with van der Waals surface area (Å²) in [6, 6.07) is 18.5. The third kappa shape index (κ3) is 5.30. The van der Waals surface area contributed by atoms with Crippen molar-refractivity contribution in [3.63, 3.8) is 0 Å². The van der Waals surface area contributed by atoms with Crippen LogP contribution >= 0.6 is 0 Å². The van der Waals surface area contributed by atoms with Crippen LogP contribution in [0.25, 0.3) is 11.3 Å². The average molecular weight is 378 g/mol. The number of hydrogen-bond donors (Lipinski definition) is 1. The smallest absolute Gasteiger partial charge is 0.220 e. The van der Waals surface area contributed by atoms with Crippen molar-refractivity contribution in [3.05, 3.63) is 71.9 Å². The molecule has 0 spiro atoms. The van der Waals surface area contributed by atoms with E-state index in [4.69, 9.17) is 9.26 Å². The van der Waals surface area contributed by atoms with Gasteiger partial charge in [0, 0.05) is 43.0 Å². The van der Waals surface area contributed by atoms with Gasteiger partial charge in [0.15, 0.2) is 11.5 Å². The Hall–Kier alpha value is -3.41. The normalized spacial score (nSPS) is 10.5. The zero-order chi connectivity index (χ0) is 19.8. The van der Waals surface area contributed by atoms with Gasteiger partial charge in [-0.3, -0.25) is 9.59 Å². The molecule has 0 saturated heterocycles. The third-order valence-electron chi connectivity index (χ3n) is 4.29. The first kappa shape index (κ1) is 19.4. The second-order valence-corrected chi connectivity index (χ2v) is 6.30. The van der Waals surface area contributed by atoms with E-state index in [1.165, 1.54) is 0 Å². The second kappa shape index (κ2) is 9.50. The van der Waals surface area contributed by atoms with E-state index < -0.39 is 0 Å². The molecule has 1 heterocycles. The highest BCUT2D eigenvalue weighted by molar-refractivity contribution is 5.98. The van der Waals surface area contributed by atoms with Crippen LogP contribution in [0, 0.1) is 0 Å². The number of ketones is 1. The van der Waals surface area contributed by atoms with Gasteiger partial charge in [0.2, 0.25) is 5.91 Å². The maximum atomic E-state index is 12.2. The molecule has 0 aliphatic heterocycles. The van der Waals surface area contributed by atoms with Gasteiger partial charge in [0.25, 0.3) is 0 Å². The van der Waals surface area contributed by atoms with Crippen LogP contribution in [-0.2, 0) is 11.2 Å². The summed E-state index contributed by atoms with van der Waals surface area (Å²) in [7, 11) is 1.55. The number of carbonyl (C=O) groups is 2. The van der Waals surface area contributed by atoms with Crippen molar-refractivity contribution in [2.24, 2.45) is 0 Å². The van der Waals surface area contributed by atoms with E-state index in [0.29, 0.717) is 30.0 Å². The molecule has 1 N–H and O–H groups in total. The summed E-state index contributed by atoms with van der Waals surface area (Å²) in [5, 5.41) is 6.84. The Morgan fingerprint density at radius 2 is 1.86 bits per heavy atom. The SMILES string of the molecule is COc1cccc(C(=O)CCC(=O)NCCc2cc(-c3ccccc3)on2)c1. The molecule has 3 aromatic rings. The second-order valence-electron chi connectivity index (χ2n) is 6.30. The Balaban J connectivity index is 1.41.